The molecule has 2 amide bonds. The van der Waals surface area contributed by atoms with Crippen LogP contribution >= 0.6 is 11.3 Å². The van der Waals surface area contributed by atoms with Gasteiger partial charge in [0.2, 0.25) is 0 Å². The summed E-state index contributed by atoms with van der Waals surface area (Å²) < 4.78 is 0. The number of hydrogen-bond acceptors (Lipinski definition) is 4. The number of carbonyl (C=O) groups is 2. The molecule has 0 N–H and O–H groups in total. The van der Waals surface area contributed by atoms with Crippen LogP contribution in [0.2, 0.25) is 0 Å². The molecule has 1 aromatic heterocycles. The van der Waals surface area contributed by atoms with Crippen molar-refractivity contribution in [2.75, 3.05) is 13.1 Å². The Hall–Kier alpha value is -2.40. The van der Waals surface area contributed by atoms with Crippen LogP contribution < -0.4 is 0 Å². The molecule has 4 rings (SSSR count). The molecule has 28 heavy (non-hydrogen) atoms. The zero-order chi connectivity index (χ0) is 19.7. The highest BCUT2D eigenvalue weighted by Gasteiger charge is 2.43. The van der Waals surface area contributed by atoms with Crippen molar-refractivity contribution in [2.24, 2.45) is 5.92 Å². The lowest BCUT2D eigenvalue weighted by atomic mass is 9.90. The Labute approximate surface area is 170 Å². The second kappa shape index (κ2) is 7.92. The number of hydrogen-bond donors (Lipinski definition) is 0. The number of imide groups is 1. The largest absolute Gasteiger partial charge is 0.366 e. The van der Waals surface area contributed by atoms with Crippen LogP contribution in [0.4, 0.5) is 0 Å². The first-order chi connectivity index (χ1) is 13.6. The number of nitrogens with zero attached hydrogens (tertiary/aromatic N) is 2. The fraction of sp³-hybridized carbons (Fsp3) is 0.391. The molecule has 0 radical (unpaired) electrons. The van der Waals surface area contributed by atoms with Crippen molar-refractivity contribution < 1.29 is 9.59 Å². The van der Waals surface area contributed by atoms with E-state index in [4.69, 9.17) is 0 Å². The van der Waals surface area contributed by atoms with Crippen LogP contribution in [0.5, 0.6) is 0 Å². The fourth-order valence-corrected chi connectivity index (χ4v) is 5.01. The summed E-state index contributed by atoms with van der Waals surface area (Å²) in [7, 11) is 0. The molecule has 3 heterocycles. The molecule has 5 heteroatoms. The minimum absolute atomic E-state index is 0.134. The van der Waals surface area contributed by atoms with Crippen LogP contribution in [0.25, 0.3) is 5.57 Å². The summed E-state index contributed by atoms with van der Waals surface area (Å²) in [5.74, 6) is 0.339. The second-order valence-electron chi connectivity index (χ2n) is 7.90. The number of carbonyl (C=O) groups excluding carboxylic acids is 2. The third-order valence-corrected chi connectivity index (χ3v) is 6.56. The van der Waals surface area contributed by atoms with Gasteiger partial charge in [0, 0.05) is 24.0 Å². The first-order valence-corrected chi connectivity index (χ1v) is 10.9. The molecule has 2 aromatic rings. The molecule has 1 saturated heterocycles. The van der Waals surface area contributed by atoms with Crippen molar-refractivity contribution in [3.8, 4) is 0 Å². The number of amides is 2. The summed E-state index contributed by atoms with van der Waals surface area (Å²) in [4.78, 5) is 30.6. The number of benzene rings is 1. The molecular weight excluding hydrogens is 368 g/mol. The zero-order valence-electron chi connectivity index (χ0n) is 16.4. The average molecular weight is 395 g/mol. The van der Waals surface area contributed by atoms with Gasteiger partial charge in [-0.3, -0.25) is 14.5 Å². The summed E-state index contributed by atoms with van der Waals surface area (Å²) in [5.41, 5.74) is 2.58. The van der Waals surface area contributed by atoms with E-state index in [0.29, 0.717) is 17.2 Å². The van der Waals surface area contributed by atoms with Crippen molar-refractivity contribution in [1.29, 1.82) is 0 Å². The van der Waals surface area contributed by atoms with Gasteiger partial charge in [-0.05, 0) is 56.0 Å². The first kappa shape index (κ1) is 18.9. The first-order valence-electron chi connectivity index (χ1n) is 10.0. The van der Waals surface area contributed by atoms with Crippen LogP contribution in [-0.2, 0) is 16.0 Å². The van der Waals surface area contributed by atoms with Crippen LogP contribution in [0.15, 0.2) is 53.5 Å². The molecule has 4 nitrogen and oxygen atoms in total. The van der Waals surface area contributed by atoms with E-state index in [2.05, 4.69) is 29.2 Å². The summed E-state index contributed by atoms with van der Waals surface area (Å²) >= 11 is 1.53. The lowest BCUT2D eigenvalue weighted by Crippen LogP contribution is -2.41. The van der Waals surface area contributed by atoms with Crippen LogP contribution in [0.1, 0.15) is 37.1 Å². The van der Waals surface area contributed by atoms with Gasteiger partial charge in [0.15, 0.2) is 0 Å². The Morgan fingerprint density at radius 2 is 1.71 bits per heavy atom. The van der Waals surface area contributed by atoms with Crippen molar-refractivity contribution in [1.82, 2.24) is 9.80 Å². The zero-order valence-corrected chi connectivity index (χ0v) is 17.2. The highest BCUT2D eigenvalue weighted by atomic mass is 32.1. The van der Waals surface area contributed by atoms with Crippen molar-refractivity contribution in [2.45, 2.75) is 39.2 Å². The van der Waals surface area contributed by atoms with Crippen molar-refractivity contribution in [3.63, 3.8) is 0 Å². The maximum atomic E-state index is 13.1. The van der Waals surface area contributed by atoms with Gasteiger partial charge < -0.3 is 4.90 Å². The monoisotopic (exact) mass is 394 g/mol. The Morgan fingerprint density at radius 1 is 1.00 bits per heavy atom. The van der Waals surface area contributed by atoms with E-state index < -0.39 is 0 Å². The average Bonchev–Trinajstić information content (AvgIpc) is 3.29. The predicted octanol–water partition coefficient (Wildman–Crippen LogP) is 4.19. The van der Waals surface area contributed by atoms with E-state index >= 15 is 0 Å². The normalized spacial score (nSPS) is 18.7. The molecule has 1 aromatic carbocycles. The molecule has 2 aliphatic rings. The van der Waals surface area contributed by atoms with Crippen molar-refractivity contribution in [3.05, 3.63) is 64.0 Å². The molecule has 1 fully saturated rings. The van der Waals surface area contributed by atoms with Crippen molar-refractivity contribution >= 4 is 28.7 Å². The molecule has 0 bridgehead atoms. The number of rotatable bonds is 5. The highest BCUT2D eigenvalue weighted by molar-refractivity contribution is 7.11. The SMILES string of the molecule is CC(C)N1C(=O)C(c2cccs2)=C(N2CCC(Cc3ccccc3)CC2)C1=O. The maximum Gasteiger partial charge on any atom is 0.278 e. The Balaban J connectivity index is 1.55. The van der Waals surface area contributed by atoms with E-state index in [9.17, 15) is 9.59 Å². The van der Waals surface area contributed by atoms with Gasteiger partial charge in [-0.15, -0.1) is 11.3 Å². The minimum Gasteiger partial charge on any atom is -0.366 e. The number of likely N-dealkylation sites (tertiary alicyclic amines) is 1. The predicted molar refractivity (Wildman–Crippen MR) is 113 cm³/mol. The van der Waals surface area contributed by atoms with Crippen LogP contribution in [0, 0.1) is 5.92 Å². The second-order valence-corrected chi connectivity index (χ2v) is 8.84. The molecule has 0 unspecified atom stereocenters. The van der Waals surface area contributed by atoms with Gasteiger partial charge in [0.05, 0.1) is 5.57 Å². The van der Waals surface area contributed by atoms with E-state index in [1.807, 2.05) is 37.4 Å². The Bertz CT molecular complexity index is 879. The summed E-state index contributed by atoms with van der Waals surface area (Å²) in [6.07, 6.45) is 3.16. The van der Waals surface area contributed by atoms with Crippen LogP contribution in [-0.4, -0.2) is 40.7 Å². The van der Waals surface area contributed by atoms with E-state index in [0.717, 1.165) is 37.2 Å². The lowest BCUT2D eigenvalue weighted by Gasteiger charge is -2.34. The van der Waals surface area contributed by atoms with E-state index in [1.54, 1.807) is 0 Å². The Kier molecular flexibility index (Phi) is 5.36. The third-order valence-electron chi connectivity index (χ3n) is 5.67. The topological polar surface area (TPSA) is 40.6 Å². The third kappa shape index (κ3) is 3.51. The van der Waals surface area contributed by atoms with Gasteiger partial charge >= 0.3 is 0 Å². The molecule has 0 aliphatic carbocycles. The van der Waals surface area contributed by atoms with Crippen LogP contribution in [0.3, 0.4) is 0 Å². The van der Waals surface area contributed by atoms with E-state index in [1.165, 1.54) is 21.8 Å². The Morgan fingerprint density at radius 3 is 2.32 bits per heavy atom. The van der Waals surface area contributed by atoms with Gasteiger partial charge in [-0.1, -0.05) is 36.4 Å². The molecule has 0 spiro atoms. The summed E-state index contributed by atoms with van der Waals surface area (Å²) in [6, 6.07) is 14.3. The molecule has 2 aliphatic heterocycles. The standard InChI is InChI=1S/C23H26N2O2S/c1-16(2)25-22(26)20(19-9-6-14-28-19)21(23(25)27)24-12-10-18(11-13-24)15-17-7-4-3-5-8-17/h3-9,14,16,18H,10-13,15H2,1-2H3. The molecular formula is C23H26N2O2S. The lowest BCUT2D eigenvalue weighted by molar-refractivity contribution is -0.139. The van der Waals surface area contributed by atoms with E-state index in [-0.39, 0.29) is 17.9 Å². The number of piperidine rings is 1. The van der Waals surface area contributed by atoms with Gasteiger partial charge in [0.25, 0.3) is 11.8 Å². The quantitative estimate of drug-likeness (QED) is 0.714. The molecule has 146 valence electrons. The fourth-order valence-electron chi connectivity index (χ4n) is 4.25. The molecule has 0 atom stereocenters. The minimum atomic E-state index is -0.149. The maximum absolute atomic E-state index is 13.1. The van der Waals surface area contributed by atoms with Gasteiger partial charge in [-0.2, -0.15) is 0 Å². The smallest absolute Gasteiger partial charge is 0.278 e. The molecule has 0 saturated carbocycles. The summed E-state index contributed by atoms with van der Waals surface area (Å²) in [6.45, 7) is 5.45. The number of thiophene rings is 1. The summed E-state index contributed by atoms with van der Waals surface area (Å²) in [5, 5.41) is 1.96. The highest BCUT2D eigenvalue weighted by Crippen LogP contribution is 2.36. The van der Waals surface area contributed by atoms with Gasteiger partial charge in [-0.25, -0.2) is 0 Å². The van der Waals surface area contributed by atoms with Gasteiger partial charge in [0.1, 0.15) is 5.70 Å².